The fourth-order valence-corrected chi connectivity index (χ4v) is 4.21. The van der Waals surface area contributed by atoms with Crippen LogP contribution >= 0.6 is 0 Å². The van der Waals surface area contributed by atoms with Crippen molar-refractivity contribution in [3.63, 3.8) is 0 Å². The van der Waals surface area contributed by atoms with E-state index in [9.17, 15) is 9.90 Å². The number of likely N-dealkylation sites (tertiary alicyclic amines) is 1. The van der Waals surface area contributed by atoms with E-state index in [0.29, 0.717) is 13.0 Å². The lowest BCUT2D eigenvalue weighted by atomic mass is 9.67. The SMILES string of the molecule is O=C1CCCN1[C@@H](O)C(c1ccccc1)(c1ccccc1)c1ccccc1. The van der Waals surface area contributed by atoms with E-state index in [0.717, 1.165) is 23.1 Å². The maximum atomic E-state index is 12.5. The zero-order valence-electron chi connectivity index (χ0n) is 15.2. The van der Waals surface area contributed by atoms with Crippen LogP contribution in [0, 0.1) is 0 Å². The van der Waals surface area contributed by atoms with Crippen molar-refractivity contribution in [2.75, 3.05) is 6.54 Å². The van der Waals surface area contributed by atoms with Crippen molar-refractivity contribution in [3.8, 4) is 0 Å². The molecule has 1 aliphatic heterocycles. The molecular formula is C24H23NO2. The summed E-state index contributed by atoms with van der Waals surface area (Å²) in [5.74, 6) is 0.00895. The molecule has 3 nitrogen and oxygen atoms in total. The molecule has 1 fully saturated rings. The highest BCUT2D eigenvalue weighted by atomic mass is 16.3. The molecule has 136 valence electrons. The number of aliphatic hydroxyl groups excluding tert-OH is 1. The Morgan fingerprint density at radius 3 is 1.48 bits per heavy atom. The Morgan fingerprint density at radius 2 is 1.15 bits per heavy atom. The molecule has 27 heavy (non-hydrogen) atoms. The van der Waals surface area contributed by atoms with Crippen LogP contribution in [0.3, 0.4) is 0 Å². The van der Waals surface area contributed by atoms with Crippen molar-refractivity contribution in [2.24, 2.45) is 0 Å². The fourth-order valence-electron chi connectivity index (χ4n) is 4.21. The molecule has 0 unspecified atom stereocenters. The Bertz CT molecular complexity index is 797. The summed E-state index contributed by atoms with van der Waals surface area (Å²) >= 11 is 0. The molecule has 0 bridgehead atoms. The molecule has 0 aliphatic carbocycles. The minimum Gasteiger partial charge on any atom is -0.372 e. The molecule has 1 N–H and O–H groups in total. The molecule has 1 saturated heterocycles. The summed E-state index contributed by atoms with van der Waals surface area (Å²) in [6.07, 6.45) is 0.287. The summed E-state index contributed by atoms with van der Waals surface area (Å²) in [6, 6.07) is 30.0. The Morgan fingerprint density at radius 1 is 0.741 bits per heavy atom. The summed E-state index contributed by atoms with van der Waals surface area (Å²) < 4.78 is 0. The van der Waals surface area contributed by atoms with Crippen molar-refractivity contribution in [2.45, 2.75) is 24.5 Å². The van der Waals surface area contributed by atoms with E-state index >= 15 is 0 Å². The van der Waals surface area contributed by atoms with Gasteiger partial charge in [-0.05, 0) is 23.1 Å². The first-order valence-corrected chi connectivity index (χ1v) is 9.38. The van der Waals surface area contributed by atoms with Crippen molar-refractivity contribution < 1.29 is 9.90 Å². The number of amides is 1. The predicted octanol–water partition coefficient (Wildman–Crippen LogP) is 3.96. The summed E-state index contributed by atoms with van der Waals surface area (Å²) in [5.41, 5.74) is 2.04. The third-order valence-corrected chi connectivity index (χ3v) is 5.48. The quantitative estimate of drug-likeness (QED) is 0.702. The second kappa shape index (κ2) is 7.37. The van der Waals surface area contributed by atoms with Gasteiger partial charge in [-0.3, -0.25) is 4.79 Å². The summed E-state index contributed by atoms with van der Waals surface area (Å²) in [5, 5.41) is 11.7. The number of benzene rings is 3. The van der Waals surface area contributed by atoms with Crippen molar-refractivity contribution in [1.82, 2.24) is 4.90 Å². The second-order valence-corrected chi connectivity index (χ2v) is 6.97. The van der Waals surface area contributed by atoms with Gasteiger partial charge in [0.25, 0.3) is 0 Å². The molecule has 3 aromatic carbocycles. The normalized spacial score (nSPS) is 15.7. The predicted molar refractivity (Wildman–Crippen MR) is 106 cm³/mol. The topological polar surface area (TPSA) is 40.5 Å². The Hall–Kier alpha value is -2.91. The van der Waals surface area contributed by atoms with Crippen LogP contribution in [0.5, 0.6) is 0 Å². The van der Waals surface area contributed by atoms with Crippen LogP contribution < -0.4 is 0 Å². The molecule has 1 heterocycles. The molecule has 0 saturated carbocycles. The van der Waals surface area contributed by atoms with Crippen LogP contribution in [0.25, 0.3) is 0 Å². The van der Waals surface area contributed by atoms with Gasteiger partial charge in [0, 0.05) is 13.0 Å². The van der Waals surface area contributed by atoms with Gasteiger partial charge in [0.2, 0.25) is 5.91 Å². The third-order valence-electron chi connectivity index (χ3n) is 5.48. The number of hydrogen-bond donors (Lipinski definition) is 1. The highest BCUT2D eigenvalue weighted by Crippen LogP contribution is 2.44. The molecule has 4 rings (SSSR count). The molecule has 1 aliphatic rings. The fraction of sp³-hybridized carbons (Fsp3) is 0.208. The van der Waals surface area contributed by atoms with Crippen LogP contribution in [-0.4, -0.2) is 28.7 Å². The molecule has 3 aromatic rings. The zero-order valence-corrected chi connectivity index (χ0v) is 15.2. The molecule has 1 atom stereocenters. The Labute approximate surface area is 159 Å². The lowest BCUT2D eigenvalue weighted by Gasteiger charge is -2.43. The number of carbonyl (C=O) groups excluding carboxylic acids is 1. The van der Waals surface area contributed by atoms with E-state index in [4.69, 9.17) is 0 Å². The molecular weight excluding hydrogens is 334 g/mol. The van der Waals surface area contributed by atoms with E-state index in [2.05, 4.69) is 0 Å². The molecule has 0 aromatic heterocycles. The lowest BCUT2D eigenvalue weighted by molar-refractivity contribution is -0.139. The van der Waals surface area contributed by atoms with Crippen LogP contribution in [0.1, 0.15) is 29.5 Å². The summed E-state index contributed by atoms with van der Waals surface area (Å²) in [4.78, 5) is 14.2. The third kappa shape index (κ3) is 2.94. The molecule has 1 amide bonds. The minimum absolute atomic E-state index is 0.00895. The van der Waals surface area contributed by atoms with Crippen LogP contribution in [0.4, 0.5) is 0 Å². The monoisotopic (exact) mass is 357 g/mol. The van der Waals surface area contributed by atoms with Gasteiger partial charge in [0.1, 0.15) is 6.23 Å². The van der Waals surface area contributed by atoms with E-state index < -0.39 is 11.6 Å². The number of rotatable bonds is 5. The average molecular weight is 357 g/mol. The highest BCUT2D eigenvalue weighted by Gasteiger charge is 2.47. The van der Waals surface area contributed by atoms with Gasteiger partial charge < -0.3 is 10.0 Å². The van der Waals surface area contributed by atoms with Crippen molar-refractivity contribution >= 4 is 5.91 Å². The van der Waals surface area contributed by atoms with Crippen molar-refractivity contribution in [3.05, 3.63) is 108 Å². The van der Waals surface area contributed by atoms with Gasteiger partial charge in [0.15, 0.2) is 0 Å². The van der Waals surface area contributed by atoms with Crippen LogP contribution in [0.2, 0.25) is 0 Å². The molecule has 0 spiro atoms. The first-order chi connectivity index (χ1) is 13.2. The summed E-state index contributed by atoms with van der Waals surface area (Å²) in [6.45, 7) is 0.578. The van der Waals surface area contributed by atoms with Crippen LogP contribution in [0.15, 0.2) is 91.0 Å². The van der Waals surface area contributed by atoms with Gasteiger partial charge in [-0.25, -0.2) is 0 Å². The van der Waals surface area contributed by atoms with E-state index in [1.165, 1.54) is 0 Å². The van der Waals surface area contributed by atoms with E-state index in [-0.39, 0.29) is 5.91 Å². The number of nitrogens with zero attached hydrogens (tertiary/aromatic N) is 1. The van der Waals surface area contributed by atoms with Gasteiger partial charge in [0.05, 0.1) is 5.41 Å². The largest absolute Gasteiger partial charge is 0.372 e. The molecule has 0 radical (unpaired) electrons. The summed E-state index contributed by atoms with van der Waals surface area (Å²) in [7, 11) is 0. The number of carbonyl (C=O) groups is 1. The molecule has 3 heteroatoms. The standard InChI is InChI=1S/C24H23NO2/c26-22-17-10-18-25(22)23(27)24(19-11-4-1-5-12-19,20-13-6-2-7-14-20)21-15-8-3-9-16-21/h1-9,11-16,23,27H,10,17-18H2/t23-/m0/s1. The van der Waals surface area contributed by atoms with Crippen LogP contribution in [-0.2, 0) is 10.2 Å². The maximum Gasteiger partial charge on any atom is 0.224 e. The Kier molecular flexibility index (Phi) is 4.78. The van der Waals surface area contributed by atoms with E-state index in [1.807, 2.05) is 91.0 Å². The number of hydrogen-bond acceptors (Lipinski definition) is 2. The lowest BCUT2D eigenvalue weighted by Crippen LogP contribution is -2.52. The number of aliphatic hydroxyl groups is 1. The second-order valence-electron chi connectivity index (χ2n) is 6.97. The first-order valence-electron chi connectivity index (χ1n) is 9.38. The van der Waals surface area contributed by atoms with Gasteiger partial charge in [-0.1, -0.05) is 91.0 Å². The van der Waals surface area contributed by atoms with Gasteiger partial charge in [-0.15, -0.1) is 0 Å². The highest BCUT2D eigenvalue weighted by molar-refractivity contribution is 5.79. The average Bonchev–Trinajstić information content (AvgIpc) is 3.17. The zero-order chi connectivity index (χ0) is 18.7. The Balaban J connectivity index is 2.02. The van der Waals surface area contributed by atoms with E-state index in [1.54, 1.807) is 4.90 Å². The first kappa shape index (κ1) is 17.5. The maximum absolute atomic E-state index is 12.5. The van der Waals surface area contributed by atoms with Gasteiger partial charge >= 0.3 is 0 Å². The minimum atomic E-state index is -0.986. The van der Waals surface area contributed by atoms with Crippen molar-refractivity contribution in [1.29, 1.82) is 0 Å². The van der Waals surface area contributed by atoms with Gasteiger partial charge in [-0.2, -0.15) is 0 Å². The smallest absolute Gasteiger partial charge is 0.224 e.